The SMILES string of the molecule is c1ccc(-c2cc(-c3ccccc3)cc(N(c3ccccc3)c3ccc4c(c3)c3c(n4-c4ccccc4)N(c4ccccc4)c4ccccc4C3)c2)cc1. The number of anilines is 6. The zero-order valence-electron chi connectivity index (χ0n) is 29.8. The molecule has 0 radical (unpaired) electrons. The van der Waals surface area contributed by atoms with Gasteiger partial charge in [-0.2, -0.15) is 0 Å². The lowest BCUT2D eigenvalue weighted by atomic mass is 9.96. The van der Waals surface area contributed by atoms with E-state index in [1.165, 1.54) is 55.8 Å². The molecule has 0 aliphatic carbocycles. The molecule has 2 heterocycles. The van der Waals surface area contributed by atoms with Gasteiger partial charge in [-0.05, 0) is 107 Å². The molecule has 1 aliphatic heterocycles. The third-order valence-corrected chi connectivity index (χ3v) is 10.5. The van der Waals surface area contributed by atoms with Crippen LogP contribution in [0.5, 0.6) is 0 Å². The summed E-state index contributed by atoms with van der Waals surface area (Å²) in [6, 6.07) is 76.6. The average Bonchev–Trinajstić information content (AvgIpc) is 3.57. The molecular formula is C51H37N3. The van der Waals surface area contributed by atoms with E-state index in [9.17, 15) is 0 Å². The van der Waals surface area contributed by atoms with Crippen molar-refractivity contribution in [3.63, 3.8) is 0 Å². The van der Waals surface area contributed by atoms with Crippen molar-refractivity contribution in [2.24, 2.45) is 0 Å². The van der Waals surface area contributed by atoms with Crippen LogP contribution in [0.4, 0.5) is 34.3 Å². The van der Waals surface area contributed by atoms with Gasteiger partial charge in [-0.3, -0.25) is 9.47 Å². The monoisotopic (exact) mass is 691 g/mol. The number of benzene rings is 8. The van der Waals surface area contributed by atoms with Crippen molar-refractivity contribution in [2.45, 2.75) is 6.42 Å². The van der Waals surface area contributed by atoms with Gasteiger partial charge >= 0.3 is 0 Å². The van der Waals surface area contributed by atoms with Gasteiger partial charge < -0.3 is 4.90 Å². The van der Waals surface area contributed by atoms with Crippen LogP contribution in [0.2, 0.25) is 0 Å². The van der Waals surface area contributed by atoms with Crippen LogP contribution >= 0.6 is 0 Å². The van der Waals surface area contributed by atoms with Crippen LogP contribution in [0.3, 0.4) is 0 Å². The molecule has 0 amide bonds. The maximum absolute atomic E-state index is 2.45. The molecule has 8 aromatic carbocycles. The Kier molecular flexibility index (Phi) is 7.88. The number of para-hydroxylation sites is 4. The molecule has 10 rings (SSSR count). The normalized spacial score (nSPS) is 12.0. The number of aromatic nitrogens is 1. The molecule has 256 valence electrons. The standard InChI is InChI=1S/C51H37N3/c1-6-18-37(19-7-1)40-32-41(38-20-8-2-9-21-38)34-46(33-40)52(42-23-10-3-11-24-42)45-30-31-50-47(36-45)48-35-39-22-16-17-29-49(39)53(43-25-12-4-13-26-43)51(48)54(50)44-27-14-5-15-28-44/h1-34,36H,35H2. The molecule has 54 heavy (non-hydrogen) atoms. The summed E-state index contributed by atoms with van der Waals surface area (Å²) in [6.45, 7) is 0. The van der Waals surface area contributed by atoms with E-state index in [0.29, 0.717) is 0 Å². The summed E-state index contributed by atoms with van der Waals surface area (Å²) < 4.78 is 2.45. The molecule has 0 N–H and O–H groups in total. The Labute approximate surface area is 316 Å². The van der Waals surface area contributed by atoms with Crippen LogP contribution in [0, 0.1) is 0 Å². The van der Waals surface area contributed by atoms with E-state index < -0.39 is 0 Å². The maximum atomic E-state index is 2.45. The van der Waals surface area contributed by atoms with Gasteiger partial charge in [0.25, 0.3) is 0 Å². The minimum absolute atomic E-state index is 0.835. The highest BCUT2D eigenvalue weighted by molar-refractivity contribution is 6.00. The fourth-order valence-electron chi connectivity index (χ4n) is 8.10. The van der Waals surface area contributed by atoms with Crippen LogP contribution in [-0.4, -0.2) is 4.57 Å². The van der Waals surface area contributed by atoms with Gasteiger partial charge in [0.2, 0.25) is 0 Å². The lowest BCUT2D eigenvalue weighted by molar-refractivity contribution is 1.01. The summed E-state index contributed by atoms with van der Waals surface area (Å²) in [6.07, 6.45) is 0.835. The molecule has 3 nitrogen and oxygen atoms in total. The molecular weight excluding hydrogens is 655 g/mol. The van der Waals surface area contributed by atoms with Gasteiger partial charge in [-0.25, -0.2) is 0 Å². The van der Waals surface area contributed by atoms with E-state index in [1.807, 2.05) is 0 Å². The number of hydrogen-bond acceptors (Lipinski definition) is 2. The van der Waals surface area contributed by atoms with Crippen molar-refractivity contribution in [1.29, 1.82) is 0 Å². The van der Waals surface area contributed by atoms with Crippen molar-refractivity contribution in [3.8, 4) is 27.9 Å². The molecule has 0 saturated heterocycles. The van der Waals surface area contributed by atoms with Gasteiger partial charge in [0.15, 0.2) is 0 Å². The van der Waals surface area contributed by atoms with Crippen molar-refractivity contribution in [1.82, 2.24) is 4.57 Å². The van der Waals surface area contributed by atoms with Gasteiger partial charge in [0.05, 0.1) is 11.2 Å². The van der Waals surface area contributed by atoms with Crippen molar-refractivity contribution in [3.05, 3.63) is 223 Å². The smallest absolute Gasteiger partial charge is 0.127 e. The molecule has 0 unspecified atom stereocenters. The predicted molar refractivity (Wildman–Crippen MR) is 226 cm³/mol. The summed E-state index contributed by atoms with van der Waals surface area (Å²) in [5, 5.41) is 1.24. The highest BCUT2D eigenvalue weighted by Gasteiger charge is 2.31. The van der Waals surface area contributed by atoms with Crippen molar-refractivity contribution < 1.29 is 0 Å². The van der Waals surface area contributed by atoms with E-state index in [-0.39, 0.29) is 0 Å². The number of fused-ring (bicyclic) bond motifs is 4. The Morgan fingerprint density at radius 1 is 0.389 bits per heavy atom. The third-order valence-electron chi connectivity index (χ3n) is 10.5. The highest BCUT2D eigenvalue weighted by atomic mass is 15.3. The highest BCUT2D eigenvalue weighted by Crippen LogP contribution is 2.50. The fraction of sp³-hybridized carbons (Fsp3) is 0.0196. The zero-order chi connectivity index (χ0) is 35.8. The van der Waals surface area contributed by atoms with E-state index in [4.69, 9.17) is 0 Å². The molecule has 3 heteroatoms. The Morgan fingerprint density at radius 2 is 0.926 bits per heavy atom. The molecule has 1 aromatic heterocycles. The first-order valence-corrected chi connectivity index (χ1v) is 18.6. The van der Waals surface area contributed by atoms with Crippen LogP contribution in [0.25, 0.3) is 38.8 Å². The molecule has 0 spiro atoms. The summed E-state index contributed by atoms with van der Waals surface area (Å²) in [5.41, 5.74) is 15.4. The first-order valence-electron chi connectivity index (χ1n) is 18.6. The van der Waals surface area contributed by atoms with E-state index in [1.54, 1.807) is 0 Å². The number of rotatable bonds is 7. The van der Waals surface area contributed by atoms with Crippen molar-refractivity contribution in [2.75, 3.05) is 9.80 Å². The summed E-state index contributed by atoms with van der Waals surface area (Å²) >= 11 is 0. The average molecular weight is 692 g/mol. The lowest BCUT2D eigenvalue weighted by Gasteiger charge is -2.33. The van der Waals surface area contributed by atoms with E-state index in [2.05, 4.69) is 227 Å². The topological polar surface area (TPSA) is 11.4 Å². The maximum Gasteiger partial charge on any atom is 0.127 e. The quantitative estimate of drug-likeness (QED) is 0.165. The molecule has 1 aliphatic rings. The van der Waals surface area contributed by atoms with Crippen LogP contribution in [-0.2, 0) is 6.42 Å². The minimum Gasteiger partial charge on any atom is -0.310 e. The first kappa shape index (κ1) is 31.6. The van der Waals surface area contributed by atoms with Gasteiger partial charge in [-0.15, -0.1) is 0 Å². The van der Waals surface area contributed by atoms with Gasteiger partial charge in [-0.1, -0.05) is 133 Å². The largest absolute Gasteiger partial charge is 0.310 e. The Hall–Kier alpha value is -7.10. The predicted octanol–water partition coefficient (Wildman–Crippen LogP) is 13.8. The first-order chi connectivity index (χ1) is 26.8. The fourth-order valence-corrected chi connectivity index (χ4v) is 8.10. The Morgan fingerprint density at radius 3 is 1.56 bits per heavy atom. The molecule has 0 atom stereocenters. The van der Waals surface area contributed by atoms with Crippen molar-refractivity contribution >= 4 is 45.2 Å². The molecule has 0 fully saturated rings. The van der Waals surface area contributed by atoms with Crippen LogP contribution in [0.15, 0.2) is 212 Å². The second kappa shape index (κ2) is 13.5. The minimum atomic E-state index is 0.835. The Bertz CT molecular complexity index is 2660. The second-order valence-corrected chi connectivity index (χ2v) is 13.8. The van der Waals surface area contributed by atoms with E-state index >= 15 is 0 Å². The second-order valence-electron chi connectivity index (χ2n) is 13.8. The number of nitrogens with zero attached hydrogens (tertiary/aromatic N) is 3. The summed E-state index contributed by atoms with van der Waals surface area (Å²) in [5.74, 6) is 1.18. The van der Waals surface area contributed by atoms with Crippen LogP contribution in [0.1, 0.15) is 11.1 Å². The van der Waals surface area contributed by atoms with Crippen LogP contribution < -0.4 is 9.80 Å². The van der Waals surface area contributed by atoms with E-state index in [0.717, 1.165) is 34.9 Å². The van der Waals surface area contributed by atoms with Gasteiger partial charge in [0, 0.05) is 45.8 Å². The lowest BCUT2D eigenvalue weighted by Crippen LogP contribution is -2.20. The zero-order valence-corrected chi connectivity index (χ0v) is 29.8. The Balaban J connectivity index is 1.24. The molecule has 9 aromatic rings. The molecule has 0 saturated carbocycles. The summed E-state index contributed by atoms with van der Waals surface area (Å²) in [4.78, 5) is 4.86. The third kappa shape index (κ3) is 5.55. The van der Waals surface area contributed by atoms with Gasteiger partial charge in [0.1, 0.15) is 5.82 Å². The molecule has 0 bridgehead atoms. The number of hydrogen-bond donors (Lipinski definition) is 0. The summed E-state index contributed by atoms with van der Waals surface area (Å²) in [7, 11) is 0.